The fraction of sp³-hybridized carbons (Fsp3) is 0.381. The second-order valence-electron chi connectivity index (χ2n) is 7.19. The van der Waals surface area contributed by atoms with Crippen LogP contribution in [0.15, 0.2) is 41.9 Å². The number of ether oxygens (including phenoxy) is 1. The summed E-state index contributed by atoms with van der Waals surface area (Å²) in [5.41, 5.74) is 1.77. The summed E-state index contributed by atoms with van der Waals surface area (Å²) in [6, 6.07) is 9.58. The lowest BCUT2D eigenvalue weighted by atomic mass is 10.0. The van der Waals surface area contributed by atoms with Crippen molar-refractivity contribution in [3.63, 3.8) is 0 Å². The van der Waals surface area contributed by atoms with Crippen molar-refractivity contribution >= 4 is 17.2 Å². The van der Waals surface area contributed by atoms with Crippen LogP contribution in [0.5, 0.6) is 5.75 Å². The quantitative estimate of drug-likeness (QED) is 0.607. The van der Waals surface area contributed by atoms with Crippen molar-refractivity contribution in [2.75, 3.05) is 7.11 Å². The van der Waals surface area contributed by atoms with E-state index in [1.54, 1.807) is 18.4 Å². The van der Waals surface area contributed by atoms with E-state index in [2.05, 4.69) is 22.6 Å². The van der Waals surface area contributed by atoms with Gasteiger partial charge in [0.05, 0.1) is 24.4 Å². The lowest BCUT2D eigenvalue weighted by Gasteiger charge is -2.23. The number of nitrogens with zero attached hydrogens (tertiary/aromatic N) is 3. The Labute approximate surface area is 169 Å². The zero-order chi connectivity index (χ0) is 20.1. The molecule has 0 atom stereocenters. The Morgan fingerprint density at radius 2 is 2.00 bits per heavy atom. The SMILES string of the molecule is CCCCn1cc(C(C)(C)NC(=O)c2ccsc2-c2ccc(OC)cc2)nn1. The predicted octanol–water partition coefficient (Wildman–Crippen LogP) is 4.48. The number of aryl methyl sites for hydroxylation is 1. The fourth-order valence-electron chi connectivity index (χ4n) is 2.88. The molecule has 0 fully saturated rings. The Hall–Kier alpha value is -2.67. The number of benzene rings is 1. The first kappa shape index (κ1) is 20.1. The topological polar surface area (TPSA) is 69.0 Å². The van der Waals surface area contributed by atoms with E-state index in [0.717, 1.165) is 41.3 Å². The highest BCUT2D eigenvalue weighted by Gasteiger charge is 2.28. The van der Waals surface area contributed by atoms with E-state index in [1.807, 2.05) is 60.4 Å². The highest BCUT2D eigenvalue weighted by atomic mass is 32.1. The van der Waals surface area contributed by atoms with Crippen LogP contribution in [0.4, 0.5) is 0 Å². The van der Waals surface area contributed by atoms with Crippen molar-refractivity contribution in [1.29, 1.82) is 0 Å². The van der Waals surface area contributed by atoms with Crippen LogP contribution in [0.1, 0.15) is 49.7 Å². The molecule has 1 amide bonds. The molecule has 1 aromatic carbocycles. The highest BCUT2D eigenvalue weighted by Crippen LogP contribution is 2.31. The van der Waals surface area contributed by atoms with Gasteiger partial charge in [-0.2, -0.15) is 0 Å². The number of methoxy groups -OCH3 is 1. The molecule has 2 heterocycles. The first-order chi connectivity index (χ1) is 13.4. The van der Waals surface area contributed by atoms with Crippen molar-refractivity contribution in [3.05, 3.63) is 53.2 Å². The molecule has 0 spiro atoms. The van der Waals surface area contributed by atoms with Gasteiger partial charge in [0, 0.05) is 11.4 Å². The van der Waals surface area contributed by atoms with Gasteiger partial charge >= 0.3 is 0 Å². The molecule has 2 aromatic heterocycles. The van der Waals surface area contributed by atoms with Crippen LogP contribution in [-0.2, 0) is 12.1 Å². The second kappa shape index (κ2) is 8.56. The summed E-state index contributed by atoms with van der Waals surface area (Å²) in [5, 5.41) is 13.5. The van der Waals surface area contributed by atoms with Crippen LogP contribution in [0.25, 0.3) is 10.4 Å². The zero-order valence-corrected chi connectivity index (χ0v) is 17.5. The zero-order valence-electron chi connectivity index (χ0n) is 16.7. The normalized spacial score (nSPS) is 11.4. The van der Waals surface area contributed by atoms with Gasteiger partial charge in [-0.15, -0.1) is 16.4 Å². The lowest BCUT2D eigenvalue weighted by Crippen LogP contribution is -2.41. The molecule has 0 aliphatic heterocycles. The van der Waals surface area contributed by atoms with Gasteiger partial charge in [0.25, 0.3) is 5.91 Å². The minimum Gasteiger partial charge on any atom is -0.497 e. The van der Waals surface area contributed by atoms with Crippen molar-refractivity contribution in [1.82, 2.24) is 20.3 Å². The number of hydrogen-bond donors (Lipinski definition) is 1. The maximum absolute atomic E-state index is 13.0. The molecule has 0 bridgehead atoms. The predicted molar refractivity (Wildman–Crippen MR) is 112 cm³/mol. The van der Waals surface area contributed by atoms with E-state index in [4.69, 9.17) is 4.74 Å². The molecule has 1 N–H and O–H groups in total. The van der Waals surface area contributed by atoms with Gasteiger partial charge in [-0.05, 0) is 61.5 Å². The summed E-state index contributed by atoms with van der Waals surface area (Å²) in [4.78, 5) is 13.9. The van der Waals surface area contributed by atoms with Crippen molar-refractivity contribution in [2.24, 2.45) is 0 Å². The van der Waals surface area contributed by atoms with Gasteiger partial charge in [0.15, 0.2) is 0 Å². The molecule has 28 heavy (non-hydrogen) atoms. The molecule has 0 unspecified atom stereocenters. The Kier molecular flexibility index (Phi) is 6.14. The van der Waals surface area contributed by atoms with Crippen molar-refractivity contribution in [2.45, 2.75) is 45.7 Å². The molecule has 148 valence electrons. The average molecular weight is 399 g/mol. The van der Waals surface area contributed by atoms with Gasteiger partial charge in [-0.25, -0.2) is 0 Å². The third-order valence-electron chi connectivity index (χ3n) is 4.61. The largest absolute Gasteiger partial charge is 0.497 e. The summed E-state index contributed by atoms with van der Waals surface area (Å²) in [7, 11) is 1.64. The van der Waals surface area contributed by atoms with Crippen LogP contribution >= 0.6 is 11.3 Å². The summed E-state index contributed by atoms with van der Waals surface area (Å²) in [6.07, 6.45) is 4.06. The van der Waals surface area contributed by atoms with Crippen LogP contribution < -0.4 is 10.1 Å². The molecule has 0 aliphatic carbocycles. The Balaban J connectivity index is 1.77. The van der Waals surface area contributed by atoms with Crippen molar-refractivity contribution < 1.29 is 9.53 Å². The number of unbranched alkanes of at least 4 members (excludes halogenated alkanes) is 1. The number of amides is 1. The Morgan fingerprint density at radius 3 is 2.68 bits per heavy atom. The molecule has 0 saturated carbocycles. The third-order valence-corrected chi connectivity index (χ3v) is 5.57. The molecule has 0 saturated heterocycles. The van der Waals surface area contributed by atoms with E-state index in [9.17, 15) is 4.79 Å². The molecule has 0 radical (unpaired) electrons. The number of carbonyl (C=O) groups excluding carboxylic acids is 1. The number of carbonyl (C=O) groups is 1. The standard InChI is InChI=1S/C21H26N4O2S/c1-5-6-12-25-14-18(23-24-25)21(2,3)22-20(26)17-11-13-28-19(17)15-7-9-16(27-4)10-8-15/h7-11,13-14H,5-6,12H2,1-4H3,(H,22,26). The minimum atomic E-state index is -0.624. The third kappa shape index (κ3) is 4.42. The van der Waals surface area contributed by atoms with E-state index in [1.165, 1.54) is 0 Å². The van der Waals surface area contributed by atoms with Gasteiger partial charge in [0.1, 0.15) is 11.4 Å². The number of thiophene rings is 1. The van der Waals surface area contributed by atoms with E-state index in [0.29, 0.717) is 5.56 Å². The molecule has 6 nitrogen and oxygen atoms in total. The summed E-state index contributed by atoms with van der Waals surface area (Å²) >= 11 is 1.55. The summed E-state index contributed by atoms with van der Waals surface area (Å²) in [6.45, 7) is 6.86. The average Bonchev–Trinajstić information content (AvgIpc) is 3.36. The second-order valence-corrected chi connectivity index (χ2v) is 8.11. The van der Waals surface area contributed by atoms with Gasteiger partial charge in [-0.1, -0.05) is 18.6 Å². The first-order valence-corrected chi connectivity index (χ1v) is 10.3. The molecule has 7 heteroatoms. The maximum Gasteiger partial charge on any atom is 0.253 e. The molecule has 0 aliphatic rings. The van der Waals surface area contributed by atoms with Crippen LogP contribution in [0, 0.1) is 0 Å². The van der Waals surface area contributed by atoms with Crippen molar-refractivity contribution in [3.8, 4) is 16.2 Å². The summed E-state index contributed by atoms with van der Waals surface area (Å²) < 4.78 is 7.05. The number of aromatic nitrogens is 3. The van der Waals surface area contributed by atoms with Crippen LogP contribution in [0.2, 0.25) is 0 Å². The van der Waals surface area contributed by atoms with Gasteiger partial charge in [0.2, 0.25) is 0 Å². The van der Waals surface area contributed by atoms with Crippen LogP contribution in [-0.4, -0.2) is 28.0 Å². The lowest BCUT2D eigenvalue weighted by molar-refractivity contribution is 0.0911. The van der Waals surface area contributed by atoms with E-state index >= 15 is 0 Å². The van der Waals surface area contributed by atoms with Gasteiger partial charge < -0.3 is 10.1 Å². The maximum atomic E-state index is 13.0. The number of rotatable bonds is 8. The Morgan fingerprint density at radius 1 is 1.25 bits per heavy atom. The number of nitrogens with one attached hydrogen (secondary N) is 1. The van der Waals surface area contributed by atoms with Crippen LogP contribution in [0.3, 0.4) is 0 Å². The molecular formula is C21H26N4O2S. The molecular weight excluding hydrogens is 372 g/mol. The molecule has 3 rings (SSSR count). The summed E-state index contributed by atoms with van der Waals surface area (Å²) in [5.74, 6) is 0.666. The van der Waals surface area contributed by atoms with E-state index in [-0.39, 0.29) is 5.91 Å². The Bertz CT molecular complexity index is 928. The first-order valence-electron chi connectivity index (χ1n) is 9.39. The monoisotopic (exact) mass is 398 g/mol. The smallest absolute Gasteiger partial charge is 0.253 e. The minimum absolute atomic E-state index is 0.125. The van der Waals surface area contributed by atoms with Gasteiger partial charge in [-0.3, -0.25) is 9.48 Å². The fourth-order valence-corrected chi connectivity index (χ4v) is 3.78. The number of hydrogen-bond acceptors (Lipinski definition) is 5. The molecule has 3 aromatic rings. The van der Waals surface area contributed by atoms with E-state index < -0.39 is 5.54 Å². The highest BCUT2D eigenvalue weighted by molar-refractivity contribution is 7.14.